The predicted molar refractivity (Wildman–Crippen MR) is 141 cm³/mol. The fourth-order valence-corrected chi connectivity index (χ4v) is 6.03. The third-order valence-corrected chi connectivity index (χ3v) is 7.84. The van der Waals surface area contributed by atoms with Crippen molar-refractivity contribution in [2.45, 2.75) is 44.8 Å². The first-order chi connectivity index (χ1) is 18.3. The summed E-state index contributed by atoms with van der Waals surface area (Å²) in [5.41, 5.74) is 1.02. The molecule has 1 aromatic carbocycles. The molecule has 2 aliphatic heterocycles. The molecular weight excluding hydrogens is 506 g/mol. The number of nitrogens with zero attached hydrogens (tertiary/aromatic N) is 2. The zero-order valence-corrected chi connectivity index (χ0v) is 22.0. The van der Waals surface area contributed by atoms with E-state index in [0.717, 1.165) is 10.4 Å². The van der Waals surface area contributed by atoms with Gasteiger partial charge in [-0.3, -0.25) is 14.4 Å². The van der Waals surface area contributed by atoms with Crippen LogP contribution >= 0.6 is 11.3 Å². The number of carbonyl (C=O) groups is 4. The Morgan fingerprint density at radius 2 is 1.87 bits per heavy atom. The Morgan fingerprint density at radius 1 is 1.08 bits per heavy atom. The van der Waals surface area contributed by atoms with E-state index >= 15 is 0 Å². The van der Waals surface area contributed by atoms with Gasteiger partial charge in [-0.25, -0.2) is 4.79 Å². The molecule has 9 nitrogen and oxygen atoms in total. The largest absolute Gasteiger partial charge is 0.459 e. The van der Waals surface area contributed by atoms with Crippen LogP contribution in [0.25, 0.3) is 10.4 Å². The van der Waals surface area contributed by atoms with E-state index in [0.29, 0.717) is 24.4 Å². The molecule has 4 heterocycles. The van der Waals surface area contributed by atoms with Crippen molar-refractivity contribution in [3.63, 3.8) is 0 Å². The maximum Gasteiger partial charge on any atom is 0.414 e. The molecule has 3 unspecified atom stereocenters. The van der Waals surface area contributed by atoms with Gasteiger partial charge < -0.3 is 24.3 Å². The van der Waals surface area contributed by atoms with Crippen LogP contribution in [-0.4, -0.2) is 64.7 Å². The van der Waals surface area contributed by atoms with Crippen LogP contribution < -0.4 is 10.1 Å². The molecule has 198 valence electrons. The molecule has 5 rings (SSSR count). The summed E-state index contributed by atoms with van der Waals surface area (Å²) in [6, 6.07) is 14.5. The first kappa shape index (κ1) is 25.7. The highest BCUT2D eigenvalue weighted by Gasteiger charge is 2.52. The van der Waals surface area contributed by atoms with Crippen LogP contribution in [0.15, 0.2) is 65.3 Å². The topological polar surface area (TPSA) is 109 Å². The van der Waals surface area contributed by atoms with E-state index in [1.807, 2.05) is 50.2 Å². The number of Topliss-reactive ketones (excluding diaryl/α,β-unsaturated/α-hetero) is 1. The van der Waals surface area contributed by atoms with Gasteiger partial charge >= 0.3 is 6.09 Å². The molecule has 2 saturated heterocycles. The van der Waals surface area contributed by atoms with Crippen LogP contribution in [0.5, 0.6) is 5.06 Å². The molecule has 0 bridgehead atoms. The number of amides is 3. The summed E-state index contributed by atoms with van der Waals surface area (Å²) in [5, 5.41) is 3.13. The summed E-state index contributed by atoms with van der Waals surface area (Å²) in [4.78, 5) is 56.2. The third-order valence-electron chi connectivity index (χ3n) is 6.83. The molecular formula is C28H29N3O6S. The Labute approximate surface area is 224 Å². The zero-order chi connectivity index (χ0) is 26.8. The molecule has 0 aliphatic carbocycles. The molecule has 38 heavy (non-hydrogen) atoms. The van der Waals surface area contributed by atoms with E-state index < -0.39 is 24.2 Å². The Morgan fingerprint density at radius 3 is 2.58 bits per heavy atom. The second-order valence-corrected chi connectivity index (χ2v) is 11.0. The number of rotatable bonds is 7. The van der Waals surface area contributed by atoms with Crippen LogP contribution in [0, 0.1) is 5.92 Å². The van der Waals surface area contributed by atoms with Gasteiger partial charge in [0.1, 0.15) is 12.1 Å². The summed E-state index contributed by atoms with van der Waals surface area (Å²) < 4.78 is 10.7. The fraction of sp³-hybridized carbons (Fsp3) is 0.357. The fourth-order valence-electron chi connectivity index (χ4n) is 5.17. The summed E-state index contributed by atoms with van der Waals surface area (Å²) >= 11 is 1.34. The van der Waals surface area contributed by atoms with Gasteiger partial charge in [0.05, 0.1) is 18.8 Å². The molecule has 2 aliphatic rings. The lowest BCUT2D eigenvalue weighted by molar-refractivity contribution is -0.138. The first-order valence-corrected chi connectivity index (χ1v) is 13.4. The number of thiophene rings is 1. The molecule has 0 saturated carbocycles. The lowest BCUT2D eigenvalue weighted by Crippen LogP contribution is -2.53. The molecule has 10 heteroatoms. The Hall–Kier alpha value is -3.92. The van der Waals surface area contributed by atoms with Gasteiger partial charge in [0.15, 0.2) is 16.6 Å². The molecule has 0 spiro atoms. The number of likely N-dealkylation sites (tertiary alicyclic amines) is 2. The number of ketones is 1. The van der Waals surface area contributed by atoms with Crippen LogP contribution in [-0.2, 0) is 9.59 Å². The average Bonchev–Trinajstić information content (AvgIpc) is 3.69. The van der Waals surface area contributed by atoms with Crippen molar-refractivity contribution in [3.8, 4) is 15.5 Å². The summed E-state index contributed by atoms with van der Waals surface area (Å²) in [5.74, 6) is -0.644. The molecule has 2 fully saturated rings. The number of ether oxygens (including phenoxy) is 1. The van der Waals surface area contributed by atoms with Crippen molar-refractivity contribution in [1.29, 1.82) is 0 Å². The number of fused-ring (bicyclic) bond motifs is 1. The van der Waals surface area contributed by atoms with E-state index in [1.54, 1.807) is 18.2 Å². The highest BCUT2D eigenvalue weighted by molar-refractivity contribution is 7.17. The Balaban J connectivity index is 1.26. The normalized spacial score (nSPS) is 19.5. The van der Waals surface area contributed by atoms with Crippen molar-refractivity contribution in [2.75, 3.05) is 13.1 Å². The van der Waals surface area contributed by atoms with Gasteiger partial charge in [0.25, 0.3) is 5.91 Å². The predicted octanol–water partition coefficient (Wildman–Crippen LogP) is 4.21. The number of furan rings is 1. The number of benzene rings is 1. The van der Waals surface area contributed by atoms with E-state index in [-0.39, 0.29) is 35.8 Å². The highest BCUT2D eigenvalue weighted by atomic mass is 32.1. The maximum atomic E-state index is 13.6. The van der Waals surface area contributed by atoms with Gasteiger partial charge in [-0.05, 0) is 48.6 Å². The molecule has 1 N–H and O–H groups in total. The SMILES string of the molecule is CC(C)CC(NC(=O)Oc1ccc(-c2ccccc2)s1)C(=O)N1CCC2C1C(=O)CN2C(=O)c1ccco1. The van der Waals surface area contributed by atoms with E-state index in [4.69, 9.17) is 9.15 Å². The number of nitrogens with one attached hydrogen (secondary N) is 1. The zero-order valence-electron chi connectivity index (χ0n) is 21.2. The maximum absolute atomic E-state index is 13.6. The standard InChI is InChI=1S/C28H29N3O6S/c1-17(2)15-19(29-28(35)37-24-11-10-23(38-24)18-7-4-3-5-8-18)26(33)30-13-12-20-25(30)21(32)16-31(20)27(34)22-9-6-14-36-22/h3-11,14,17,19-20,25H,12-13,15-16H2,1-2H3,(H,29,35). The van der Waals surface area contributed by atoms with Crippen LogP contribution in [0.3, 0.4) is 0 Å². The second kappa shape index (κ2) is 10.8. The highest BCUT2D eigenvalue weighted by Crippen LogP contribution is 2.34. The first-order valence-electron chi connectivity index (χ1n) is 12.6. The quantitative estimate of drug-likeness (QED) is 0.486. The molecule has 2 aromatic heterocycles. The van der Waals surface area contributed by atoms with Crippen molar-refractivity contribution < 1.29 is 28.3 Å². The van der Waals surface area contributed by atoms with Crippen molar-refractivity contribution >= 4 is 35.0 Å². The van der Waals surface area contributed by atoms with Crippen LogP contribution in [0.2, 0.25) is 0 Å². The molecule has 3 aromatic rings. The van der Waals surface area contributed by atoms with E-state index in [2.05, 4.69) is 5.32 Å². The number of hydrogen-bond acceptors (Lipinski definition) is 7. The van der Waals surface area contributed by atoms with Crippen molar-refractivity contribution in [2.24, 2.45) is 5.92 Å². The van der Waals surface area contributed by atoms with Crippen molar-refractivity contribution in [1.82, 2.24) is 15.1 Å². The molecule has 0 radical (unpaired) electrons. The Bertz CT molecular complexity index is 1320. The summed E-state index contributed by atoms with van der Waals surface area (Å²) in [6.45, 7) is 4.15. The van der Waals surface area contributed by atoms with Crippen LogP contribution in [0.4, 0.5) is 4.79 Å². The van der Waals surface area contributed by atoms with Gasteiger partial charge in [0.2, 0.25) is 5.91 Å². The minimum Gasteiger partial charge on any atom is -0.459 e. The molecule has 3 amide bonds. The minimum atomic E-state index is -0.863. The van der Waals surface area contributed by atoms with Gasteiger partial charge in [-0.1, -0.05) is 55.5 Å². The number of hydrogen-bond donors (Lipinski definition) is 1. The monoisotopic (exact) mass is 535 g/mol. The second-order valence-electron chi connectivity index (χ2n) is 9.91. The van der Waals surface area contributed by atoms with Crippen molar-refractivity contribution in [3.05, 3.63) is 66.6 Å². The smallest absolute Gasteiger partial charge is 0.414 e. The van der Waals surface area contributed by atoms with Gasteiger partial charge in [0, 0.05) is 11.4 Å². The Kier molecular flexibility index (Phi) is 7.33. The minimum absolute atomic E-state index is 0.0783. The van der Waals surface area contributed by atoms with Crippen LogP contribution in [0.1, 0.15) is 37.2 Å². The van der Waals surface area contributed by atoms with E-state index in [1.165, 1.54) is 27.4 Å². The van der Waals surface area contributed by atoms with Gasteiger partial charge in [-0.2, -0.15) is 0 Å². The van der Waals surface area contributed by atoms with Gasteiger partial charge in [-0.15, -0.1) is 0 Å². The summed E-state index contributed by atoms with van der Waals surface area (Å²) in [7, 11) is 0. The van der Waals surface area contributed by atoms with E-state index in [9.17, 15) is 19.2 Å². The average molecular weight is 536 g/mol. The third kappa shape index (κ3) is 5.22. The lowest BCUT2D eigenvalue weighted by atomic mass is 10.0. The molecule has 3 atom stereocenters. The lowest BCUT2D eigenvalue weighted by Gasteiger charge is -2.28. The number of carbonyl (C=O) groups excluding carboxylic acids is 4. The summed E-state index contributed by atoms with van der Waals surface area (Å²) in [6.07, 6.45) is 1.54.